The highest BCUT2D eigenvalue weighted by atomic mass is 16.4. The molecule has 17 heavy (non-hydrogen) atoms. The van der Waals surface area contributed by atoms with Gasteiger partial charge in [-0.25, -0.2) is 9.59 Å². The second-order valence-corrected chi connectivity index (χ2v) is 3.69. The Morgan fingerprint density at radius 1 is 1.29 bits per heavy atom. The lowest BCUT2D eigenvalue weighted by molar-refractivity contribution is -0.141. The first-order valence-electron chi connectivity index (χ1n) is 5.28. The molecule has 0 heterocycles. The van der Waals surface area contributed by atoms with Gasteiger partial charge < -0.3 is 20.2 Å². The van der Waals surface area contributed by atoms with Crippen LogP contribution >= 0.6 is 0 Å². The Hall–Kier alpha value is -1.79. The highest BCUT2D eigenvalue weighted by Gasteiger charge is 2.21. The van der Waals surface area contributed by atoms with E-state index < -0.39 is 18.0 Å². The van der Waals surface area contributed by atoms with Crippen LogP contribution in [0.4, 0.5) is 4.79 Å². The lowest BCUT2D eigenvalue weighted by Crippen LogP contribution is -2.48. The molecule has 0 aliphatic carbocycles. The third-order valence-corrected chi connectivity index (χ3v) is 2.55. The molecule has 2 N–H and O–H groups in total. The molecule has 0 aliphatic heterocycles. The third kappa shape index (κ3) is 4.71. The van der Waals surface area contributed by atoms with E-state index in [0.29, 0.717) is 6.54 Å². The molecule has 0 aromatic carbocycles. The summed E-state index contributed by atoms with van der Waals surface area (Å²) in [5.41, 5.74) is 0. The van der Waals surface area contributed by atoms with E-state index in [0.717, 1.165) is 4.90 Å². The molecule has 0 bridgehead atoms. The molecule has 0 aromatic rings. The summed E-state index contributed by atoms with van der Waals surface area (Å²) in [5.74, 6) is -1.32. The van der Waals surface area contributed by atoms with E-state index in [9.17, 15) is 14.4 Å². The molecule has 7 nitrogen and oxygen atoms in total. The van der Waals surface area contributed by atoms with Crippen molar-refractivity contribution >= 4 is 17.9 Å². The predicted molar refractivity (Wildman–Crippen MR) is 61.6 cm³/mol. The van der Waals surface area contributed by atoms with Gasteiger partial charge in [-0.3, -0.25) is 4.79 Å². The Kier molecular flexibility index (Phi) is 6.01. The number of urea groups is 1. The summed E-state index contributed by atoms with van der Waals surface area (Å²) >= 11 is 0. The fraction of sp³-hybridized carbons (Fsp3) is 0.700. The summed E-state index contributed by atoms with van der Waals surface area (Å²) in [6.07, 6.45) is 0. The van der Waals surface area contributed by atoms with Gasteiger partial charge in [-0.2, -0.15) is 0 Å². The van der Waals surface area contributed by atoms with Crippen LogP contribution in [0.5, 0.6) is 0 Å². The number of likely N-dealkylation sites (N-methyl/N-ethyl adjacent to an activating group) is 2. The summed E-state index contributed by atoms with van der Waals surface area (Å²) in [4.78, 5) is 36.0. The Labute approximate surface area is 100 Å². The monoisotopic (exact) mass is 245 g/mol. The van der Waals surface area contributed by atoms with Crippen LogP contribution in [0.2, 0.25) is 0 Å². The van der Waals surface area contributed by atoms with Crippen molar-refractivity contribution in [1.82, 2.24) is 15.1 Å². The number of amides is 3. The fourth-order valence-corrected chi connectivity index (χ4v) is 0.929. The number of nitrogens with one attached hydrogen (secondary N) is 1. The van der Waals surface area contributed by atoms with E-state index in [1.54, 1.807) is 7.05 Å². The number of hydrogen-bond donors (Lipinski definition) is 2. The summed E-state index contributed by atoms with van der Waals surface area (Å²) in [7, 11) is 2.99. The number of hydrogen-bond acceptors (Lipinski definition) is 3. The van der Waals surface area contributed by atoms with Crippen LogP contribution < -0.4 is 5.32 Å². The number of nitrogens with zero attached hydrogens (tertiary/aromatic N) is 2. The van der Waals surface area contributed by atoms with Gasteiger partial charge >= 0.3 is 12.0 Å². The van der Waals surface area contributed by atoms with Gasteiger partial charge in [0.05, 0.1) is 6.54 Å². The van der Waals surface area contributed by atoms with Crippen molar-refractivity contribution in [3.63, 3.8) is 0 Å². The molecule has 1 atom stereocenters. The van der Waals surface area contributed by atoms with Gasteiger partial charge in [0, 0.05) is 20.6 Å². The number of carbonyl (C=O) groups excluding carboxylic acids is 2. The molecule has 0 saturated heterocycles. The van der Waals surface area contributed by atoms with Crippen LogP contribution in [-0.4, -0.2) is 66.0 Å². The lowest BCUT2D eigenvalue weighted by Gasteiger charge is -2.22. The standard InChI is InChI=1S/C10H19N3O4/c1-5-12(3)8(14)6-11-10(17)13(4)7(2)9(15)16/h7H,5-6H2,1-4H3,(H,11,17)(H,15,16). The highest BCUT2D eigenvalue weighted by Crippen LogP contribution is 1.95. The summed E-state index contributed by atoms with van der Waals surface area (Å²) in [6, 6.07) is -1.52. The Morgan fingerprint density at radius 2 is 1.82 bits per heavy atom. The summed E-state index contributed by atoms with van der Waals surface area (Å²) in [6.45, 7) is 3.62. The van der Waals surface area contributed by atoms with Gasteiger partial charge in [-0.1, -0.05) is 0 Å². The van der Waals surface area contributed by atoms with E-state index in [2.05, 4.69) is 5.32 Å². The largest absolute Gasteiger partial charge is 0.480 e. The molecular weight excluding hydrogens is 226 g/mol. The van der Waals surface area contributed by atoms with Gasteiger partial charge in [0.2, 0.25) is 5.91 Å². The minimum atomic E-state index is -1.10. The van der Waals surface area contributed by atoms with Crippen molar-refractivity contribution in [1.29, 1.82) is 0 Å². The van der Waals surface area contributed by atoms with Gasteiger partial charge in [0.1, 0.15) is 6.04 Å². The molecule has 0 radical (unpaired) electrons. The molecule has 3 amide bonds. The molecule has 7 heteroatoms. The predicted octanol–water partition coefficient (Wildman–Crippen LogP) is -0.421. The fourth-order valence-electron chi connectivity index (χ4n) is 0.929. The van der Waals surface area contributed by atoms with Crippen LogP contribution in [0, 0.1) is 0 Å². The molecule has 0 aromatic heterocycles. The zero-order valence-electron chi connectivity index (χ0n) is 10.6. The topological polar surface area (TPSA) is 90.0 Å². The smallest absolute Gasteiger partial charge is 0.326 e. The van der Waals surface area contributed by atoms with E-state index in [1.807, 2.05) is 6.92 Å². The van der Waals surface area contributed by atoms with Crippen molar-refractivity contribution in [3.05, 3.63) is 0 Å². The molecule has 98 valence electrons. The third-order valence-electron chi connectivity index (χ3n) is 2.55. The molecule has 0 rings (SSSR count). The molecular formula is C10H19N3O4. The maximum absolute atomic E-state index is 11.5. The Bertz CT molecular complexity index is 306. The average Bonchev–Trinajstić information content (AvgIpc) is 2.32. The highest BCUT2D eigenvalue weighted by molar-refractivity contribution is 5.86. The van der Waals surface area contributed by atoms with E-state index in [1.165, 1.54) is 18.9 Å². The summed E-state index contributed by atoms with van der Waals surface area (Å²) < 4.78 is 0. The van der Waals surface area contributed by atoms with Crippen molar-refractivity contribution in [2.75, 3.05) is 27.2 Å². The molecule has 0 fully saturated rings. The first kappa shape index (κ1) is 15.2. The Morgan fingerprint density at radius 3 is 2.24 bits per heavy atom. The van der Waals surface area contributed by atoms with E-state index in [4.69, 9.17) is 5.11 Å². The van der Waals surface area contributed by atoms with Gasteiger partial charge in [0.15, 0.2) is 0 Å². The van der Waals surface area contributed by atoms with Crippen LogP contribution in [0.1, 0.15) is 13.8 Å². The normalized spacial score (nSPS) is 11.5. The minimum absolute atomic E-state index is 0.139. The van der Waals surface area contributed by atoms with E-state index >= 15 is 0 Å². The van der Waals surface area contributed by atoms with Gasteiger partial charge in [-0.05, 0) is 13.8 Å². The number of carbonyl (C=O) groups is 3. The zero-order valence-corrected chi connectivity index (χ0v) is 10.6. The van der Waals surface area contributed by atoms with E-state index in [-0.39, 0.29) is 12.5 Å². The maximum atomic E-state index is 11.5. The number of aliphatic carboxylic acids is 1. The second kappa shape index (κ2) is 6.72. The lowest BCUT2D eigenvalue weighted by atomic mass is 10.3. The number of carboxylic acids is 1. The van der Waals surface area contributed by atoms with Crippen molar-refractivity contribution in [2.24, 2.45) is 0 Å². The van der Waals surface area contributed by atoms with Crippen molar-refractivity contribution in [3.8, 4) is 0 Å². The first-order chi connectivity index (χ1) is 7.81. The van der Waals surface area contributed by atoms with Crippen LogP contribution in [0.3, 0.4) is 0 Å². The zero-order chi connectivity index (χ0) is 13.6. The molecule has 0 spiro atoms. The number of carboxylic acid groups (broad SMARTS) is 1. The average molecular weight is 245 g/mol. The van der Waals surface area contributed by atoms with Gasteiger partial charge in [-0.15, -0.1) is 0 Å². The SMILES string of the molecule is CCN(C)C(=O)CNC(=O)N(C)C(C)C(=O)O. The maximum Gasteiger partial charge on any atom is 0.326 e. The van der Waals surface area contributed by atoms with Crippen LogP contribution in [0.15, 0.2) is 0 Å². The molecule has 0 saturated carbocycles. The van der Waals surface area contributed by atoms with Crippen LogP contribution in [-0.2, 0) is 9.59 Å². The second-order valence-electron chi connectivity index (χ2n) is 3.69. The quantitative estimate of drug-likeness (QED) is 0.688. The van der Waals surface area contributed by atoms with Gasteiger partial charge in [0.25, 0.3) is 0 Å². The van der Waals surface area contributed by atoms with Crippen molar-refractivity contribution < 1.29 is 19.5 Å². The minimum Gasteiger partial charge on any atom is -0.480 e. The van der Waals surface area contributed by atoms with Crippen molar-refractivity contribution in [2.45, 2.75) is 19.9 Å². The Balaban J connectivity index is 4.19. The summed E-state index contributed by atoms with van der Waals surface area (Å²) in [5, 5.41) is 11.1. The molecule has 1 unspecified atom stereocenters. The molecule has 0 aliphatic rings. The first-order valence-corrected chi connectivity index (χ1v) is 5.28. The number of rotatable bonds is 5. The van der Waals surface area contributed by atoms with Crippen LogP contribution in [0.25, 0.3) is 0 Å².